The van der Waals surface area contributed by atoms with Gasteiger partial charge >= 0.3 is 0 Å². The highest BCUT2D eigenvalue weighted by atomic mass is 32.2. The summed E-state index contributed by atoms with van der Waals surface area (Å²) < 4.78 is 0. The smallest absolute Gasteiger partial charge is 0.280 e. The summed E-state index contributed by atoms with van der Waals surface area (Å²) in [4.78, 5) is 22.4. The number of para-hydroxylation sites is 1. The Morgan fingerprint density at radius 2 is 2.00 bits per heavy atom. The zero-order chi connectivity index (χ0) is 13.1. The molecule has 1 aromatic carbocycles. The fourth-order valence-corrected chi connectivity index (χ4v) is 1.77. The number of rotatable bonds is 3. The van der Waals surface area contributed by atoms with Crippen LogP contribution in [0.1, 0.15) is 0 Å². The van der Waals surface area contributed by atoms with Crippen LogP contribution >= 0.6 is 11.8 Å². The molecule has 1 aromatic heterocycles. The molecule has 0 unspecified atom stereocenters. The molecule has 2 rings (SSSR count). The van der Waals surface area contributed by atoms with Crippen LogP contribution in [0, 0.1) is 10.1 Å². The van der Waals surface area contributed by atoms with Crippen LogP contribution in [-0.2, 0) is 0 Å². The maximum absolute atomic E-state index is 10.9. The van der Waals surface area contributed by atoms with Gasteiger partial charge in [0.2, 0.25) is 5.95 Å². The van der Waals surface area contributed by atoms with Gasteiger partial charge in [-0.15, -0.1) is 0 Å². The van der Waals surface area contributed by atoms with Crippen LogP contribution in [0.15, 0.2) is 29.4 Å². The Bertz CT molecular complexity index is 605. The van der Waals surface area contributed by atoms with Gasteiger partial charge < -0.3 is 5.73 Å². The van der Waals surface area contributed by atoms with Gasteiger partial charge in [-0.3, -0.25) is 10.1 Å². The second kappa shape index (κ2) is 4.96. The van der Waals surface area contributed by atoms with Crippen molar-refractivity contribution in [3.8, 4) is 11.4 Å². The number of nitro groups is 1. The van der Waals surface area contributed by atoms with E-state index in [1.807, 2.05) is 0 Å². The number of anilines is 1. The summed E-state index contributed by atoms with van der Waals surface area (Å²) in [6.45, 7) is 0. The summed E-state index contributed by atoms with van der Waals surface area (Å²) in [5.41, 5.74) is 5.82. The monoisotopic (exact) mass is 263 g/mol. The topological polar surface area (TPSA) is 108 Å². The van der Waals surface area contributed by atoms with Gasteiger partial charge in [0.1, 0.15) is 0 Å². The first-order chi connectivity index (χ1) is 8.61. The van der Waals surface area contributed by atoms with Crippen molar-refractivity contribution in [1.29, 1.82) is 0 Å². The minimum Gasteiger partial charge on any atom is -0.368 e. The van der Waals surface area contributed by atoms with E-state index in [4.69, 9.17) is 5.73 Å². The van der Waals surface area contributed by atoms with Gasteiger partial charge in [0.15, 0.2) is 11.0 Å². The van der Waals surface area contributed by atoms with E-state index >= 15 is 0 Å². The molecule has 2 aromatic rings. The fraction of sp³-hybridized carbons (Fsp3) is 0.100. The molecule has 0 amide bonds. The Morgan fingerprint density at radius 1 is 1.28 bits per heavy atom. The minimum absolute atomic E-state index is 0.0440. The van der Waals surface area contributed by atoms with Crippen molar-refractivity contribution >= 4 is 23.4 Å². The quantitative estimate of drug-likeness (QED) is 0.510. The van der Waals surface area contributed by atoms with Gasteiger partial charge in [0.05, 0.1) is 10.5 Å². The molecule has 7 nitrogen and oxygen atoms in total. The Hall–Kier alpha value is -2.22. The van der Waals surface area contributed by atoms with Crippen molar-refractivity contribution in [2.45, 2.75) is 5.16 Å². The van der Waals surface area contributed by atoms with Crippen LogP contribution in [0.4, 0.5) is 11.6 Å². The Morgan fingerprint density at radius 3 is 2.67 bits per heavy atom. The zero-order valence-corrected chi connectivity index (χ0v) is 10.2. The van der Waals surface area contributed by atoms with Crippen molar-refractivity contribution in [3.05, 3.63) is 34.4 Å². The van der Waals surface area contributed by atoms with Crippen molar-refractivity contribution in [2.24, 2.45) is 0 Å². The van der Waals surface area contributed by atoms with Crippen molar-refractivity contribution in [1.82, 2.24) is 15.0 Å². The second-order valence-corrected chi connectivity index (χ2v) is 4.05. The Kier molecular flexibility index (Phi) is 3.38. The fourth-order valence-electron chi connectivity index (χ4n) is 1.41. The molecule has 0 atom stereocenters. The van der Waals surface area contributed by atoms with E-state index in [2.05, 4.69) is 15.0 Å². The van der Waals surface area contributed by atoms with E-state index in [9.17, 15) is 10.1 Å². The van der Waals surface area contributed by atoms with Gasteiger partial charge in [-0.25, -0.2) is 4.98 Å². The van der Waals surface area contributed by atoms with Crippen LogP contribution in [0.3, 0.4) is 0 Å². The van der Waals surface area contributed by atoms with Gasteiger partial charge in [0.25, 0.3) is 5.69 Å². The summed E-state index contributed by atoms with van der Waals surface area (Å²) in [5, 5.41) is 11.4. The zero-order valence-electron chi connectivity index (χ0n) is 9.40. The minimum atomic E-state index is -0.478. The van der Waals surface area contributed by atoms with Crippen LogP contribution < -0.4 is 5.73 Å². The van der Waals surface area contributed by atoms with Gasteiger partial charge in [-0.1, -0.05) is 23.9 Å². The highest BCUT2D eigenvalue weighted by Gasteiger charge is 2.17. The first kappa shape index (κ1) is 12.2. The molecule has 0 aliphatic carbocycles. The Labute approximate surface area is 107 Å². The maximum Gasteiger partial charge on any atom is 0.280 e. The molecular weight excluding hydrogens is 254 g/mol. The molecular formula is C10H9N5O2S. The largest absolute Gasteiger partial charge is 0.368 e. The van der Waals surface area contributed by atoms with E-state index in [1.165, 1.54) is 17.8 Å². The third-order valence-corrected chi connectivity index (χ3v) is 2.70. The molecule has 2 N–H and O–H groups in total. The molecule has 0 fully saturated rings. The summed E-state index contributed by atoms with van der Waals surface area (Å²) >= 11 is 1.29. The molecule has 1 heterocycles. The summed E-state index contributed by atoms with van der Waals surface area (Å²) in [6, 6.07) is 6.24. The van der Waals surface area contributed by atoms with E-state index < -0.39 is 4.92 Å². The number of benzene rings is 1. The number of nitrogens with zero attached hydrogens (tertiary/aromatic N) is 4. The van der Waals surface area contributed by atoms with Crippen LogP contribution in [0.25, 0.3) is 11.4 Å². The molecule has 0 aliphatic rings. The predicted octanol–water partition coefficient (Wildman–Crippen LogP) is 1.75. The molecule has 0 radical (unpaired) electrons. The number of aromatic nitrogens is 3. The van der Waals surface area contributed by atoms with Crippen LogP contribution in [0.2, 0.25) is 0 Å². The van der Waals surface area contributed by atoms with E-state index in [0.29, 0.717) is 10.7 Å². The lowest BCUT2D eigenvalue weighted by atomic mass is 10.1. The van der Waals surface area contributed by atoms with E-state index in [-0.39, 0.29) is 17.5 Å². The van der Waals surface area contributed by atoms with E-state index in [1.54, 1.807) is 24.5 Å². The lowest BCUT2D eigenvalue weighted by molar-refractivity contribution is -0.384. The normalized spacial score (nSPS) is 10.3. The maximum atomic E-state index is 10.9. The van der Waals surface area contributed by atoms with Gasteiger partial charge in [-0.2, -0.15) is 9.97 Å². The molecule has 8 heteroatoms. The van der Waals surface area contributed by atoms with Gasteiger partial charge in [-0.05, 0) is 12.3 Å². The average Bonchev–Trinajstić information content (AvgIpc) is 2.38. The highest BCUT2D eigenvalue weighted by Crippen LogP contribution is 2.27. The molecule has 0 spiro atoms. The van der Waals surface area contributed by atoms with Crippen molar-refractivity contribution in [2.75, 3.05) is 12.0 Å². The SMILES string of the molecule is CSc1nc(N)nc(-c2ccccc2[N+](=O)[O-])n1. The predicted molar refractivity (Wildman–Crippen MR) is 68.1 cm³/mol. The molecule has 92 valence electrons. The molecule has 0 saturated heterocycles. The summed E-state index contributed by atoms with van der Waals surface area (Å²) in [7, 11) is 0. The van der Waals surface area contributed by atoms with Crippen molar-refractivity contribution in [3.63, 3.8) is 0 Å². The average molecular weight is 263 g/mol. The highest BCUT2D eigenvalue weighted by molar-refractivity contribution is 7.98. The van der Waals surface area contributed by atoms with E-state index in [0.717, 1.165) is 0 Å². The lowest BCUT2D eigenvalue weighted by Gasteiger charge is -2.03. The standard InChI is InChI=1S/C10H9N5O2S/c1-18-10-13-8(12-9(11)14-10)6-4-2-3-5-7(6)15(16)17/h2-5H,1H3,(H2,11,12,13,14). The number of hydrogen-bond acceptors (Lipinski definition) is 7. The third-order valence-electron chi connectivity index (χ3n) is 2.16. The number of nitrogen functional groups attached to an aromatic ring is 1. The third kappa shape index (κ3) is 2.38. The molecule has 0 saturated carbocycles. The lowest BCUT2D eigenvalue weighted by Crippen LogP contribution is -2.02. The summed E-state index contributed by atoms with van der Waals surface area (Å²) in [5.74, 6) is 0.252. The number of nitro benzene ring substituents is 1. The first-order valence-electron chi connectivity index (χ1n) is 4.91. The second-order valence-electron chi connectivity index (χ2n) is 3.28. The number of hydrogen-bond donors (Lipinski definition) is 1. The van der Waals surface area contributed by atoms with Crippen LogP contribution in [-0.4, -0.2) is 26.1 Å². The first-order valence-corrected chi connectivity index (χ1v) is 6.13. The Balaban J connectivity index is 2.61. The molecule has 0 aliphatic heterocycles. The van der Waals surface area contributed by atoms with Gasteiger partial charge in [0, 0.05) is 6.07 Å². The van der Waals surface area contributed by atoms with Crippen LogP contribution in [0.5, 0.6) is 0 Å². The molecule has 18 heavy (non-hydrogen) atoms. The summed E-state index contributed by atoms with van der Waals surface area (Å²) in [6.07, 6.45) is 1.79. The van der Waals surface area contributed by atoms with Crippen molar-refractivity contribution < 1.29 is 4.92 Å². The number of nitrogens with two attached hydrogens (primary N) is 1. The number of thioether (sulfide) groups is 1. The molecule has 0 bridgehead atoms.